The van der Waals surface area contributed by atoms with E-state index in [9.17, 15) is 0 Å². The van der Waals surface area contributed by atoms with Crippen LogP contribution >= 0.6 is 41.7 Å². The minimum absolute atomic E-state index is 0.353. The first-order valence-electron chi connectivity index (χ1n) is 5.87. The van der Waals surface area contributed by atoms with E-state index in [1.807, 2.05) is 6.07 Å². The second-order valence-corrected chi connectivity index (χ2v) is 6.70. The van der Waals surface area contributed by atoms with Crippen molar-refractivity contribution in [1.29, 1.82) is 0 Å². The summed E-state index contributed by atoms with van der Waals surface area (Å²) in [5.74, 6) is 3.08. The lowest BCUT2D eigenvalue weighted by Gasteiger charge is -2.23. The molecule has 0 saturated heterocycles. The molecule has 94 valence electrons. The van der Waals surface area contributed by atoms with Gasteiger partial charge in [0, 0.05) is 32.8 Å². The number of anilines is 2. The zero-order valence-corrected chi connectivity index (χ0v) is 13.6. The van der Waals surface area contributed by atoms with Crippen LogP contribution in [0.3, 0.4) is 0 Å². The number of halogens is 2. The summed E-state index contributed by atoms with van der Waals surface area (Å²) in [6.45, 7) is 2.19. The highest BCUT2D eigenvalue weighted by Crippen LogP contribution is 2.44. The molecule has 1 aliphatic heterocycles. The van der Waals surface area contributed by atoms with E-state index in [-0.39, 0.29) is 0 Å². The molecule has 1 aromatic carbocycles. The molecule has 0 aromatic heterocycles. The molecule has 3 rings (SSSR count). The van der Waals surface area contributed by atoms with Gasteiger partial charge in [0.15, 0.2) is 0 Å². The first-order valence-corrected chi connectivity index (χ1v) is 9.61. The Labute approximate surface area is 128 Å². The fourth-order valence-corrected chi connectivity index (χ4v) is 3.11. The predicted octanol–water partition coefficient (Wildman–Crippen LogP) is 4.47. The maximum Gasteiger partial charge on any atom is 0.0965 e. The summed E-state index contributed by atoms with van der Waals surface area (Å²) in [5, 5.41) is 7.23. The van der Waals surface area contributed by atoms with Crippen LogP contribution in [0.2, 0.25) is 5.02 Å². The molecule has 0 spiro atoms. The highest BCUT2D eigenvalue weighted by molar-refractivity contribution is 14.2. The second-order valence-electron chi connectivity index (χ2n) is 4.61. The third kappa shape index (κ3) is 2.28. The summed E-state index contributed by atoms with van der Waals surface area (Å²) in [7, 11) is 1.47. The van der Waals surface area contributed by atoms with Crippen LogP contribution in [-0.4, -0.2) is 12.2 Å². The highest BCUT2D eigenvalue weighted by atomic mass is 127. The summed E-state index contributed by atoms with van der Waals surface area (Å²) in [4.78, 5) is 2.44. The Bertz CT molecular complexity index is 548. The molecule has 5 heteroatoms. The van der Waals surface area contributed by atoms with Crippen LogP contribution in [0.15, 0.2) is 12.1 Å². The van der Waals surface area contributed by atoms with Crippen molar-refractivity contribution in [3.05, 3.63) is 22.7 Å². The minimum Gasteiger partial charge on any atom is -0.364 e. The van der Waals surface area contributed by atoms with Crippen molar-refractivity contribution in [2.45, 2.75) is 32.0 Å². The normalized spacial score (nSPS) is 21.1. The highest BCUT2D eigenvalue weighted by Gasteiger charge is 2.37. The van der Waals surface area contributed by atoms with Gasteiger partial charge in [0.05, 0.1) is 22.6 Å². The molecule has 1 heterocycles. The van der Waals surface area contributed by atoms with Crippen LogP contribution in [0.1, 0.15) is 25.3 Å². The van der Waals surface area contributed by atoms with E-state index in [4.69, 9.17) is 11.6 Å². The van der Waals surface area contributed by atoms with Crippen molar-refractivity contribution < 1.29 is 0 Å². The van der Waals surface area contributed by atoms with Crippen LogP contribution in [0.5, 0.6) is 0 Å². The average molecular weight is 391 g/mol. The first kappa shape index (κ1) is 12.8. The second kappa shape index (κ2) is 5.03. The van der Waals surface area contributed by atoms with Crippen molar-refractivity contribution in [3.8, 4) is 11.2 Å². The van der Waals surface area contributed by atoms with Gasteiger partial charge in [0.25, 0.3) is 0 Å². The predicted molar refractivity (Wildman–Crippen MR) is 88.5 cm³/mol. The molecule has 1 unspecified atom stereocenters. The number of rotatable bonds is 1. The topological polar surface area (TPSA) is 15.3 Å². The van der Waals surface area contributed by atoms with Crippen molar-refractivity contribution in [3.63, 3.8) is 0 Å². The van der Waals surface area contributed by atoms with Crippen LogP contribution in [-0.2, 0) is 0 Å². The quantitative estimate of drug-likeness (QED) is 0.562. The van der Waals surface area contributed by atoms with Gasteiger partial charge in [-0.15, -0.1) is 0 Å². The van der Waals surface area contributed by atoms with Crippen molar-refractivity contribution >= 4 is 53.1 Å². The van der Waals surface area contributed by atoms with E-state index in [0.29, 0.717) is 12.2 Å². The Morgan fingerprint density at radius 3 is 2.94 bits per heavy atom. The molecule has 1 aromatic rings. The summed E-state index contributed by atoms with van der Waals surface area (Å²) < 4.78 is 0. The van der Waals surface area contributed by atoms with Gasteiger partial charge in [-0.3, -0.25) is 0 Å². The van der Waals surface area contributed by atoms with Crippen molar-refractivity contribution in [2.24, 2.45) is 0 Å². The Morgan fingerprint density at radius 1 is 1.50 bits per heavy atom. The summed E-state index contributed by atoms with van der Waals surface area (Å²) in [5.41, 5.74) is 3.28. The van der Waals surface area contributed by atoms with E-state index < -0.39 is 0 Å². The fraction of sp³-hybridized carbons (Fsp3) is 0.385. The smallest absolute Gasteiger partial charge is 0.0965 e. The number of nitrogens with one attached hydrogen (secondary N) is 1. The maximum absolute atomic E-state index is 6.31. The fourth-order valence-electron chi connectivity index (χ4n) is 2.43. The lowest BCUT2D eigenvalue weighted by Crippen LogP contribution is -2.34. The molecule has 0 radical (unpaired) electrons. The Hall–Kier alpha value is -0.250. The average Bonchev–Trinajstić information content (AvgIpc) is 3.11. The molecular formula is C13H12ClIN2S. The van der Waals surface area contributed by atoms with Crippen molar-refractivity contribution in [2.75, 3.05) is 10.2 Å². The molecule has 2 aliphatic rings. The van der Waals surface area contributed by atoms with Gasteiger partial charge in [-0.2, -0.15) is 0 Å². The van der Waals surface area contributed by atoms with Crippen molar-refractivity contribution in [1.82, 2.24) is 0 Å². The third-order valence-electron chi connectivity index (χ3n) is 3.31. The standard InChI is InChI=1S/C13H12ClIN2S/c1-8-16-12-6-9(4-5-18-15)11(14)7-13(12)17(8)10-2-3-10/h6-8,10,16H,2-3H2,1H3. The van der Waals surface area contributed by atoms with Gasteiger partial charge in [0.2, 0.25) is 0 Å². The van der Waals surface area contributed by atoms with E-state index >= 15 is 0 Å². The van der Waals surface area contributed by atoms with E-state index in [2.05, 4.69) is 55.6 Å². The van der Waals surface area contributed by atoms with Gasteiger partial charge in [0.1, 0.15) is 0 Å². The number of hydrogen-bond acceptors (Lipinski definition) is 3. The van der Waals surface area contributed by atoms with E-state index in [1.165, 1.54) is 27.5 Å². The molecule has 1 saturated carbocycles. The summed E-state index contributed by atoms with van der Waals surface area (Å²) in [6, 6.07) is 4.80. The van der Waals surface area contributed by atoms with E-state index in [0.717, 1.165) is 16.3 Å². The number of benzene rings is 1. The molecule has 1 N–H and O–H groups in total. The Kier molecular flexibility index (Phi) is 3.57. The monoisotopic (exact) mass is 390 g/mol. The maximum atomic E-state index is 6.31. The molecule has 1 fully saturated rings. The Morgan fingerprint density at radius 2 is 2.28 bits per heavy atom. The molecule has 18 heavy (non-hydrogen) atoms. The molecule has 2 nitrogen and oxygen atoms in total. The molecule has 0 amide bonds. The van der Waals surface area contributed by atoms with Crippen LogP contribution in [0.25, 0.3) is 0 Å². The summed E-state index contributed by atoms with van der Waals surface area (Å²) >= 11 is 8.48. The number of fused-ring (bicyclic) bond motifs is 1. The lowest BCUT2D eigenvalue weighted by atomic mass is 10.2. The molecule has 0 bridgehead atoms. The van der Waals surface area contributed by atoms with Gasteiger partial charge in [-0.05, 0) is 46.1 Å². The lowest BCUT2D eigenvalue weighted by molar-refractivity contribution is 0.721. The minimum atomic E-state index is 0.353. The van der Waals surface area contributed by atoms with Gasteiger partial charge < -0.3 is 10.2 Å². The molecule has 1 aliphatic carbocycles. The molecular weight excluding hydrogens is 379 g/mol. The van der Waals surface area contributed by atoms with Crippen LogP contribution in [0.4, 0.5) is 11.4 Å². The number of hydrogen-bond donors (Lipinski definition) is 1. The largest absolute Gasteiger partial charge is 0.364 e. The van der Waals surface area contributed by atoms with Crippen LogP contribution < -0.4 is 10.2 Å². The third-order valence-corrected chi connectivity index (χ3v) is 4.46. The first-order chi connectivity index (χ1) is 8.70. The SMILES string of the molecule is CC1Nc2cc(C#CSI)c(Cl)cc2N1C1CC1. The van der Waals surface area contributed by atoms with Gasteiger partial charge in [-0.1, -0.05) is 17.5 Å². The van der Waals surface area contributed by atoms with Gasteiger partial charge in [-0.25, -0.2) is 0 Å². The van der Waals surface area contributed by atoms with Crippen LogP contribution in [0, 0.1) is 11.2 Å². The van der Waals surface area contributed by atoms with E-state index in [1.54, 1.807) is 0 Å². The zero-order valence-electron chi connectivity index (χ0n) is 9.84. The molecule has 1 atom stereocenters. The van der Waals surface area contributed by atoms with Gasteiger partial charge >= 0.3 is 0 Å². The number of nitrogens with zero attached hydrogens (tertiary/aromatic N) is 1. The zero-order chi connectivity index (χ0) is 12.7. The Balaban J connectivity index is 2.00. The summed E-state index contributed by atoms with van der Waals surface area (Å²) in [6.07, 6.45) is 2.93.